The lowest BCUT2D eigenvalue weighted by Gasteiger charge is -2.17. The molecule has 2 unspecified atom stereocenters. The van der Waals surface area contributed by atoms with Crippen molar-refractivity contribution in [1.29, 1.82) is 0 Å². The van der Waals surface area contributed by atoms with Gasteiger partial charge in [0.2, 0.25) is 5.91 Å². The maximum absolute atomic E-state index is 11.7. The highest BCUT2D eigenvalue weighted by Gasteiger charge is 2.24. The van der Waals surface area contributed by atoms with Gasteiger partial charge in [-0.3, -0.25) is 9.59 Å². The van der Waals surface area contributed by atoms with Crippen LogP contribution in [-0.4, -0.2) is 41.0 Å². The highest BCUT2D eigenvalue weighted by Crippen LogP contribution is 2.14. The van der Waals surface area contributed by atoms with Crippen LogP contribution in [0.2, 0.25) is 0 Å². The van der Waals surface area contributed by atoms with Crippen molar-refractivity contribution in [3.63, 3.8) is 0 Å². The van der Waals surface area contributed by atoms with Gasteiger partial charge in [0, 0.05) is 32.0 Å². The summed E-state index contributed by atoms with van der Waals surface area (Å²) in [4.78, 5) is 23.8. The van der Waals surface area contributed by atoms with Crippen LogP contribution in [0.5, 0.6) is 0 Å². The summed E-state index contributed by atoms with van der Waals surface area (Å²) in [6.45, 7) is 3.10. The Balaban J connectivity index is 2.32. The molecule has 2 atom stereocenters. The summed E-state index contributed by atoms with van der Waals surface area (Å²) < 4.78 is 0. The summed E-state index contributed by atoms with van der Waals surface area (Å²) in [5.41, 5.74) is 5.69. The fourth-order valence-corrected chi connectivity index (χ4v) is 1.81. The molecule has 1 amide bonds. The largest absolute Gasteiger partial charge is 0.481 e. The molecule has 0 aromatic carbocycles. The molecule has 15 heavy (non-hydrogen) atoms. The van der Waals surface area contributed by atoms with Crippen molar-refractivity contribution < 1.29 is 14.7 Å². The third-order valence-electron chi connectivity index (χ3n) is 2.62. The van der Waals surface area contributed by atoms with Crippen molar-refractivity contribution in [1.82, 2.24) is 4.90 Å². The molecule has 0 aromatic heterocycles. The number of nitrogens with zero attached hydrogens (tertiary/aromatic N) is 1. The Kier molecular flexibility index (Phi) is 4.08. The second-order valence-electron chi connectivity index (χ2n) is 4.30. The number of carbonyl (C=O) groups is 2. The number of nitrogens with two attached hydrogens (primary N) is 1. The van der Waals surface area contributed by atoms with Crippen LogP contribution in [0.4, 0.5) is 0 Å². The molecular formula is C10H18N2O3. The Labute approximate surface area is 89.2 Å². The highest BCUT2D eigenvalue weighted by molar-refractivity contribution is 5.77. The molecule has 0 radical (unpaired) electrons. The summed E-state index contributed by atoms with van der Waals surface area (Å²) in [6.07, 6.45) is 1.20. The number of amides is 1. The van der Waals surface area contributed by atoms with Crippen LogP contribution < -0.4 is 5.73 Å². The zero-order chi connectivity index (χ0) is 11.4. The first kappa shape index (κ1) is 12.0. The second kappa shape index (κ2) is 5.11. The lowest BCUT2D eigenvalue weighted by Crippen LogP contribution is -2.32. The van der Waals surface area contributed by atoms with Gasteiger partial charge in [0.1, 0.15) is 0 Å². The van der Waals surface area contributed by atoms with Gasteiger partial charge in [-0.25, -0.2) is 0 Å². The van der Waals surface area contributed by atoms with Gasteiger partial charge in [-0.2, -0.15) is 0 Å². The predicted octanol–water partition coefficient (Wildman–Crippen LogP) is 0.0469. The normalized spacial score (nSPS) is 22.8. The van der Waals surface area contributed by atoms with Crippen LogP contribution in [0.25, 0.3) is 0 Å². The first-order valence-electron chi connectivity index (χ1n) is 5.24. The number of carbonyl (C=O) groups excluding carboxylic acids is 1. The maximum atomic E-state index is 11.7. The van der Waals surface area contributed by atoms with Crippen LogP contribution in [0.3, 0.4) is 0 Å². The van der Waals surface area contributed by atoms with Gasteiger partial charge in [-0.15, -0.1) is 0 Å². The third-order valence-corrected chi connectivity index (χ3v) is 2.62. The fourth-order valence-electron chi connectivity index (χ4n) is 1.81. The molecule has 0 aromatic rings. The summed E-state index contributed by atoms with van der Waals surface area (Å²) >= 11 is 0. The maximum Gasteiger partial charge on any atom is 0.303 e. The Morgan fingerprint density at radius 2 is 2.20 bits per heavy atom. The van der Waals surface area contributed by atoms with Crippen molar-refractivity contribution in [3.05, 3.63) is 0 Å². The fraction of sp³-hybridized carbons (Fsp3) is 0.800. The molecule has 1 saturated heterocycles. The Hall–Kier alpha value is -1.10. The summed E-state index contributed by atoms with van der Waals surface area (Å²) in [5, 5.41) is 8.56. The molecule has 1 heterocycles. The van der Waals surface area contributed by atoms with E-state index in [4.69, 9.17) is 10.8 Å². The van der Waals surface area contributed by atoms with Crippen LogP contribution in [0.1, 0.15) is 26.2 Å². The number of aliphatic carboxylic acids is 1. The Morgan fingerprint density at radius 1 is 1.53 bits per heavy atom. The zero-order valence-electron chi connectivity index (χ0n) is 8.98. The summed E-state index contributed by atoms with van der Waals surface area (Å²) in [7, 11) is 0. The molecule has 86 valence electrons. The molecule has 1 rings (SSSR count). The van der Waals surface area contributed by atoms with Crippen LogP contribution in [0, 0.1) is 5.92 Å². The lowest BCUT2D eigenvalue weighted by molar-refractivity contribution is -0.138. The van der Waals surface area contributed by atoms with Gasteiger partial charge in [-0.05, 0) is 12.3 Å². The Bertz CT molecular complexity index is 255. The molecule has 5 nitrogen and oxygen atoms in total. The monoisotopic (exact) mass is 214 g/mol. The van der Waals surface area contributed by atoms with E-state index in [2.05, 4.69) is 0 Å². The molecule has 0 aliphatic carbocycles. The molecule has 0 saturated carbocycles. The number of hydrogen-bond donors (Lipinski definition) is 2. The van der Waals surface area contributed by atoms with E-state index in [1.165, 1.54) is 0 Å². The van der Waals surface area contributed by atoms with Gasteiger partial charge >= 0.3 is 5.97 Å². The van der Waals surface area contributed by atoms with Crippen LogP contribution in [0.15, 0.2) is 0 Å². The van der Waals surface area contributed by atoms with Gasteiger partial charge in [0.15, 0.2) is 0 Å². The predicted molar refractivity (Wildman–Crippen MR) is 55.2 cm³/mol. The van der Waals surface area contributed by atoms with Crippen molar-refractivity contribution in [2.24, 2.45) is 11.7 Å². The zero-order valence-corrected chi connectivity index (χ0v) is 8.98. The topological polar surface area (TPSA) is 83.6 Å². The van der Waals surface area contributed by atoms with E-state index in [1.807, 2.05) is 0 Å². The van der Waals surface area contributed by atoms with E-state index in [1.54, 1.807) is 11.8 Å². The number of rotatable bonds is 4. The number of carboxylic acids is 1. The second-order valence-corrected chi connectivity index (χ2v) is 4.30. The standard InChI is InChI=1S/C10H18N2O3/c1-7(5-10(14)15)4-9(13)12-3-2-8(11)6-12/h7-8H,2-6,11H2,1H3,(H,14,15). The third kappa shape index (κ3) is 3.87. The average molecular weight is 214 g/mol. The Morgan fingerprint density at radius 3 is 2.67 bits per heavy atom. The molecule has 5 heteroatoms. The van der Waals surface area contributed by atoms with Crippen molar-refractivity contribution in [2.75, 3.05) is 13.1 Å². The van der Waals surface area contributed by atoms with Crippen LogP contribution >= 0.6 is 0 Å². The molecule has 1 aliphatic heterocycles. The molecule has 1 aliphatic rings. The minimum Gasteiger partial charge on any atom is -0.481 e. The lowest BCUT2D eigenvalue weighted by atomic mass is 10.0. The number of hydrogen-bond acceptors (Lipinski definition) is 3. The average Bonchev–Trinajstić information content (AvgIpc) is 2.49. The minimum atomic E-state index is -0.853. The van der Waals surface area contributed by atoms with E-state index in [-0.39, 0.29) is 24.3 Å². The molecular weight excluding hydrogens is 196 g/mol. The number of likely N-dealkylation sites (tertiary alicyclic amines) is 1. The highest BCUT2D eigenvalue weighted by atomic mass is 16.4. The van der Waals surface area contributed by atoms with Gasteiger partial charge in [0.25, 0.3) is 0 Å². The van der Waals surface area contributed by atoms with Gasteiger partial charge in [-0.1, -0.05) is 6.92 Å². The minimum absolute atomic E-state index is 0.0247. The van der Waals surface area contributed by atoms with Crippen molar-refractivity contribution in [2.45, 2.75) is 32.2 Å². The molecule has 0 spiro atoms. The van der Waals surface area contributed by atoms with E-state index in [0.717, 1.165) is 6.42 Å². The van der Waals surface area contributed by atoms with Crippen LogP contribution in [-0.2, 0) is 9.59 Å². The van der Waals surface area contributed by atoms with E-state index >= 15 is 0 Å². The number of carboxylic acid groups (broad SMARTS) is 1. The van der Waals surface area contributed by atoms with E-state index in [9.17, 15) is 9.59 Å². The first-order valence-corrected chi connectivity index (χ1v) is 5.24. The quantitative estimate of drug-likeness (QED) is 0.692. The smallest absolute Gasteiger partial charge is 0.303 e. The van der Waals surface area contributed by atoms with Crippen molar-refractivity contribution >= 4 is 11.9 Å². The molecule has 1 fully saturated rings. The summed E-state index contributed by atoms with van der Waals surface area (Å²) in [6, 6.07) is 0.0868. The van der Waals surface area contributed by atoms with Gasteiger partial charge < -0.3 is 15.7 Å². The summed E-state index contributed by atoms with van der Waals surface area (Å²) in [5.74, 6) is -0.933. The van der Waals surface area contributed by atoms with Gasteiger partial charge in [0.05, 0.1) is 0 Å². The first-order chi connectivity index (χ1) is 6.99. The van der Waals surface area contributed by atoms with E-state index < -0.39 is 5.97 Å². The molecule has 3 N–H and O–H groups in total. The SMILES string of the molecule is CC(CC(=O)O)CC(=O)N1CCC(N)C1. The molecule has 0 bridgehead atoms. The van der Waals surface area contributed by atoms with E-state index in [0.29, 0.717) is 19.5 Å². The van der Waals surface area contributed by atoms with Crippen molar-refractivity contribution in [3.8, 4) is 0 Å².